The molecule has 2 N–H and O–H groups in total. The highest BCUT2D eigenvalue weighted by molar-refractivity contribution is 5.78. The molecule has 0 saturated heterocycles. The van der Waals surface area contributed by atoms with Gasteiger partial charge in [-0.25, -0.2) is 4.79 Å². The van der Waals surface area contributed by atoms with Gasteiger partial charge in [0.2, 0.25) is 0 Å². The molecule has 0 bridgehead atoms. The molecule has 3 nitrogen and oxygen atoms in total. The van der Waals surface area contributed by atoms with E-state index in [4.69, 9.17) is 5.11 Å². The van der Waals surface area contributed by atoms with E-state index in [0.717, 1.165) is 12.1 Å². The van der Waals surface area contributed by atoms with Crippen LogP contribution in [0.5, 0.6) is 0 Å². The molecule has 1 unspecified atom stereocenters. The number of aryl methyl sites for hydroxylation is 2. The molecule has 0 radical (unpaired) electrons. The Morgan fingerprint density at radius 1 is 1.57 bits per heavy atom. The van der Waals surface area contributed by atoms with Gasteiger partial charge in [-0.05, 0) is 31.4 Å². The summed E-state index contributed by atoms with van der Waals surface area (Å²) in [5.41, 5.74) is 3.41. The average molecular weight is 191 g/mol. The molecule has 14 heavy (non-hydrogen) atoms. The number of anilines is 1. The molecule has 0 amide bonds. The minimum absolute atomic E-state index is 0.426. The molecule has 1 aliphatic rings. The molecule has 1 aromatic rings. The van der Waals surface area contributed by atoms with Crippen LogP contribution >= 0.6 is 0 Å². The molecule has 1 aromatic carbocycles. The molecular weight excluding hydrogens is 178 g/mol. The molecule has 0 aromatic heterocycles. The summed E-state index contributed by atoms with van der Waals surface area (Å²) < 4.78 is 0. The molecule has 0 aliphatic carbocycles. The first-order valence-electron chi connectivity index (χ1n) is 4.75. The van der Waals surface area contributed by atoms with Crippen molar-refractivity contribution in [3.05, 3.63) is 29.3 Å². The quantitative estimate of drug-likeness (QED) is 0.711. The SMILES string of the molecule is Cc1ccc2c(c1)CCC(C(=O)O)N2. The van der Waals surface area contributed by atoms with Crippen molar-refractivity contribution in [2.75, 3.05) is 5.32 Å². The normalized spacial score (nSPS) is 19.6. The first kappa shape index (κ1) is 9.06. The third kappa shape index (κ3) is 1.58. The van der Waals surface area contributed by atoms with Gasteiger partial charge in [0.25, 0.3) is 0 Å². The number of benzene rings is 1. The highest BCUT2D eigenvalue weighted by Gasteiger charge is 2.22. The van der Waals surface area contributed by atoms with Crippen molar-refractivity contribution in [2.45, 2.75) is 25.8 Å². The molecule has 0 saturated carbocycles. The topological polar surface area (TPSA) is 49.3 Å². The summed E-state index contributed by atoms with van der Waals surface area (Å²) in [6, 6.07) is 5.64. The number of nitrogens with one attached hydrogen (secondary N) is 1. The summed E-state index contributed by atoms with van der Waals surface area (Å²) >= 11 is 0. The maximum Gasteiger partial charge on any atom is 0.326 e. The molecule has 74 valence electrons. The van der Waals surface area contributed by atoms with Crippen molar-refractivity contribution in [2.24, 2.45) is 0 Å². The fourth-order valence-corrected chi connectivity index (χ4v) is 1.82. The number of carbonyl (C=O) groups is 1. The zero-order valence-electron chi connectivity index (χ0n) is 8.08. The maximum absolute atomic E-state index is 10.8. The van der Waals surface area contributed by atoms with Crippen molar-refractivity contribution >= 4 is 11.7 Å². The zero-order valence-corrected chi connectivity index (χ0v) is 8.08. The lowest BCUT2D eigenvalue weighted by Crippen LogP contribution is -2.33. The molecule has 3 heteroatoms. The van der Waals surface area contributed by atoms with E-state index in [0.29, 0.717) is 6.42 Å². The van der Waals surface area contributed by atoms with Gasteiger partial charge >= 0.3 is 5.97 Å². The zero-order chi connectivity index (χ0) is 10.1. The number of rotatable bonds is 1. The van der Waals surface area contributed by atoms with E-state index in [1.807, 2.05) is 19.1 Å². The highest BCUT2D eigenvalue weighted by atomic mass is 16.4. The van der Waals surface area contributed by atoms with Gasteiger partial charge in [0.1, 0.15) is 6.04 Å². The lowest BCUT2D eigenvalue weighted by molar-refractivity contribution is -0.138. The molecule has 1 aliphatic heterocycles. The van der Waals surface area contributed by atoms with Crippen LogP contribution in [0.4, 0.5) is 5.69 Å². The van der Waals surface area contributed by atoms with Crippen LogP contribution in [0.15, 0.2) is 18.2 Å². The van der Waals surface area contributed by atoms with Crippen LogP contribution in [0, 0.1) is 6.92 Å². The Morgan fingerprint density at radius 2 is 2.36 bits per heavy atom. The van der Waals surface area contributed by atoms with Crippen LogP contribution in [0.1, 0.15) is 17.5 Å². The summed E-state index contributed by atoms with van der Waals surface area (Å²) in [6.45, 7) is 2.05. The van der Waals surface area contributed by atoms with Gasteiger partial charge in [0.05, 0.1) is 0 Å². The van der Waals surface area contributed by atoms with Crippen molar-refractivity contribution in [1.82, 2.24) is 0 Å². The van der Waals surface area contributed by atoms with Crippen molar-refractivity contribution in [3.8, 4) is 0 Å². The van der Waals surface area contributed by atoms with E-state index in [-0.39, 0.29) is 0 Å². The van der Waals surface area contributed by atoms with E-state index in [9.17, 15) is 4.79 Å². The lowest BCUT2D eigenvalue weighted by Gasteiger charge is -2.24. The third-order valence-electron chi connectivity index (χ3n) is 2.59. The molecule has 2 rings (SSSR count). The second-order valence-corrected chi connectivity index (χ2v) is 3.73. The molecule has 0 spiro atoms. The van der Waals surface area contributed by atoms with Gasteiger partial charge in [-0.1, -0.05) is 17.7 Å². The molecule has 1 atom stereocenters. The summed E-state index contributed by atoms with van der Waals surface area (Å²) in [5.74, 6) is -0.767. The first-order chi connectivity index (χ1) is 6.66. The fourth-order valence-electron chi connectivity index (χ4n) is 1.82. The minimum atomic E-state index is -0.767. The van der Waals surface area contributed by atoms with Crippen LogP contribution in [0.2, 0.25) is 0 Å². The van der Waals surface area contributed by atoms with Crippen LogP contribution in [0.25, 0.3) is 0 Å². The summed E-state index contributed by atoms with van der Waals surface area (Å²) in [7, 11) is 0. The van der Waals surface area contributed by atoms with E-state index < -0.39 is 12.0 Å². The Hall–Kier alpha value is -1.51. The van der Waals surface area contributed by atoms with Gasteiger partial charge in [-0.15, -0.1) is 0 Å². The Morgan fingerprint density at radius 3 is 3.07 bits per heavy atom. The minimum Gasteiger partial charge on any atom is -0.480 e. The van der Waals surface area contributed by atoms with Gasteiger partial charge < -0.3 is 10.4 Å². The number of aliphatic carboxylic acids is 1. The maximum atomic E-state index is 10.8. The van der Waals surface area contributed by atoms with Crippen LogP contribution in [0.3, 0.4) is 0 Å². The van der Waals surface area contributed by atoms with Crippen molar-refractivity contribution < 1.29 is 9.90 Å². The van der Waals surface area contributed by atoms with Crippen molar-refractivity contribution in [1.29, 1.82) is 0 Å². The van der Waals surface area contributed by atoms with Crippen LogP contribution in [-0.2, 0) is 11.2 Å². The summed E-state index contributed by atoms with van der Waals surface area (Å²) in [6.07, 6.45) is 1.52. The number of carboxylic acids is 1. The number of hydrogen-bond donors (Lipinski definition) is 2. The van der Waals surface area contributed by atoms with Gasteiger partial charge in [-0.3, -0.25) is 0 Å². The summed E-state index contributed by atoms with van der Waals surface area (Å²) in [4.78, 5) is 10.8. The summed E-state index contributed by atoms with van der Waals surface area (Å²) in [5, 5.41) is 11.9. The Kier molecular flexibility index (Phi) is 2.15. The Labute approximate surface area is 82.8 Å². The largest absolute Gasteiger partial charge is 0.480 e. The van der Waals surface area contributed by atoms with E-state index in [2.05, 4.69) is 11.4 Å². The predicted octanol–water partition coefficient (Wildman–Crippen LogP) is 1.81. The molecule has 1 heterocycles. The number of carboxylic acid groups (broad SMARTS) is 1. The van der Waals surface area contributed by atoms with E-state index in [1.54, 1.807) is 0 Å². The Bertz CT molecular complexity index is 374. The second kappa shape index (κ2) is 3.33. The average Bonchev–Trinajstić information content (AvgIpc) is 2.16. The lowest BCUT2D eigenvalue weighted by atomic mass is 9.97. The van der Waals surface area contributed by atoms with E-state index in [1.165, 1.54) is 11.1 Å². The van der Waals surface area contributed by atoms with Crippen LogP contribution in [-0.4, -0.2) is 17.1 Å². The van der Waals surface area contributed by atoms with Crippen LogP contribution < -0.4 is 5.32 Å². The monoisotopic (exact) mass is 191 g/mol. The Balaban J connectivity index is 2.27. The molecular formula is C11H13NO2. The van der Waals surface area contributed by atoms with Crippen molar-refractivity contribution in [3.63, 3.8) is 0 Å². The van der Waals surface area contributed by atoms with Gasteiger partial charge in [0.15, 0.2) is 0 Å². The molecule has 0 fully saturated rings. The third-order valence-corrected chi connectivity index (χ3v) is 2.59. The number of hydrogen-bond acceptors (Lipinski definition) is 2. The highest BCUT2D eigenvalue weighted by Crippen LogP contribution is 2.25. The second-order valence-electron chi connectivity index (χ2n) is 3.73. The smallest absolute Gasteiger partial charge is 0.326 e. The van der Waals surface area contributed by atoms with E-state index >= 15 is 0 Å². The fraction of sp³-hybridized carbons (Fsp3) is 0.364. The van der Waals surface area contributed by atoms with Gasteiger partial charge in [0, 0.05) is 5.69 Å². The predicted molar refractivity (Wildman–Crippen MR) is 54.5 cm³/mol. The number of fused-ring (bicyclic) bond motifs is 1. The van der Waals surface area contributed by atoms with Gasteiger partial charge in [-0.2, -0.15) is 0 Å². The first-order valence-corrected chi connectivity index (χ1v) is 4.75. The standard InChI is InChI=1S/C11H13NO2/c1-7-2-4-9-8(6-7)3-5-10(12-9)11(13)14/h2,4,6,10,12H,3,5H2,1H3,(H,13,14).